The molecule has 5 nitrogen and oxygen atoms in total. The SMILES string of the molecule is O=C(CN1CCC[C@H]1Cn1cccn1)N1CCC[C@H]1c1ccsc1. The molecule has 0 radical (unpaired) electrons. The van der Waals surface area contributed by atoms with Gasteiger partial charge in [-0.3, -0.25) is 14.4 Å². The van der Waals surface area contributed by atoms with Crippen LogP contribution >= 0.6 is 11.3 Å². The van der Waals surface area contributed by atoms with Gasteiger partial charge in [0, 0.05) is 25.0 Å². The molecule has 0 unspecified atom stereocenters. The van der Waals surface area contributed by atoms with E-state index in [1.165, 1.54) is 12.0 Å². The second kappa shape index (κ2) is 7.07. The molecule has 24 heavy (non-hydrogen) atoms. The molecule has 128 valence electrons. The van der Waals surface area contributed by atoms with Gasteiger partial charge >= 0.3 is 0 Å². The highest BCUT2D eigenvalue weighted by Gasteiger charge is 2.33. The van der Waals surface area contributed by atoms with E-state index in [2.05, 4.69) is 31.7 Å². The molecule has 2 aliphatic heterocycles. The van der Waals surface area contributed by atoms with Gasteiger partial charge < -0.3 is 4.90 Å². The third-order valence-electron chi connectivity index (χ3n) is 5.30. The lowest BCUT2D eigenvalue weighted by Gasteiger charge is -2.29. The second-order valence-electron chi connectivity index (χ2n) is 6.80. The second-order valence-corrected chi connectivity index (χ2v) is 7.58. The summed E-state index contributed by atoms with van der Waals surface area (Å²) in [4.78, 5) is 17.4. The fourth-order valence-corrected chi connectivity index (χ4v) is 4.78. The maximum absolute atomic E-state index is 12.9. The van der Waals surface area contributed by atoms with Gasteiger partial charge in [-0.25, -0.2) is 0 Å². The molecule has 2 fully saturated rings. The molecule has 0 bridgehead atoms. The lowest BCUT2D eigenvalue weighted by atomic mass is 10.1. The van der Waals surface area contributed by atoms with Crippen molar-refractivity contribution >= 4 is 17.2 Å². The highest BCUT2D eigenvalue weighted by molar-refractivity contribution is 7.07. The quantitative estimate of drug-likeness (QED) is 0.837. The van der Waals surface area contributed by atoms with Crippen LogP contribution in [0.3, 0.4) is 0 Å². The zero-order chi connectivity index (χ0) is 16.4. The third-order valence-corrected chi connectivity index (χ3v) is 6.00. The van der Waals surface area contributed by atoms with Crippen LogP contribution in [0.5, 0.6) is 0 Å². The van der Waals surface area contributed by atoms with Crippen LogP contribution in [0.4, 0.5) is 0 Å². The van der Waals surface area contributed by atoms with Crippen LogP contribution in [0.25, 0.3) is 0 Å². The Morgan fingerprint density at radius 2 is 2.21 bits per heavy atom. The minimum Gasteiger partial charge on any atom is -0.335 e. The van der Waals surface area contributed by atoms with Crippen molar-refractivity contribution in [1.82, 2.24) is 19.6 Å². The van der Waals surface area contributed by atoms with Gasteiger partial charge in [0.15, 0.2) is 0 Å². The first-order chi connectivity index (χ1) is 11.8. The van der Waals surface area contributed by atoms with E-state index >= 15 is 0 Å². The van der Waals surface area contributed by atoms with E-state index in [4.69, 9.17) is 0 Å². The van der Waals surface area contributed by atoms with E-state index in [1.54, 1.807) is 11.3 Å². The number of rotatable bonds is 5. The Morgan fingerprint density at radius 1 is 1.29 bits per heavy atom. The Bertz CT molecular complexity index is 655. The minimum atomic E-state index is 0.288. The molecule has 0 aliphatic carbocycles. The summed E-state index contributed by atoms with van der Waals surface area (Å²) in [7, 11) is 0. The summed E-state index contributed by atoms with van der Waals surface area (Å²) in [6, 6.07) is 4.84. The van der Waals surface area contributed by atoms with Crippen molar-refractivity contribution in [1.29, 1.82) is 0 Å². The van der Waals surface area contributed by atoms with Crippen molar-refractivity contribution in [3.8, 4) is 0 Å². The normalized spacial score (nSPS) is 24.8. The zero-order valence-electron chi connectivity index (χ0n) is 13.9. The van der Waals surface area contributed by atoms with Gasteiger partial charge in [-0.1, -0.05) is 0 Å². The van der Waals surface area contributed by atoms with Gasteiger partial charge in [0.05, 0.1) is 19.1 Å². The van der Waals surface area contributed by atoms with Gasteiger partial charge in [-0.15, -0.1) is 0 Å². The summed E-state index contributed by atoms with van der Waals surface area (Å²) < 4.78 is 1.98. The average molecular weight is 344 g/mol. The fraction of sp³-hybridized carbons (Fsp3) is 0.556. The number of amides is 1. The van der Waals surface area contributed by atoms with Gasteiger partial charge in [0.1, 0.15) is 0 Å². The van der Waals surface area contributed by atoms with E-state index in [0.717, 1.165) is 38.9 Å². The van der Waals surface area contributed by atoms with Crippen LogP contribution in [-0.2, 0) is 11.3 Å². The van der Waals surface area contributed by atoms with Crippen molar-refractivity contribution in [2.24, 2.45) is 0 Å². The smallest absolute Gasteiger partial charge is 0.237 e. The van der Waals surface area contributed by atoms with Gasteiger partial charge in [-0.2, -0.15) is 16.4 Å². The molecular formula is C18H24N4OS. The number of thiophene rings is 1. The molecule has 0 aromatic carbocycles. The molecule has 2 saturated heterocycles. The van der Waals surface area contributed by atoms with Crippen molar-refractivity contribution in [2.75, 3.05) is 19.6 Å². The Morgan fingerprint density at radius 3 is 3.00 bits per heavy atom. The Kier molecular flexibility index (Phi) is 4.67. The number of hydrogen-bond acceptors (Lipinski definition) is 4. The van der Waals surface area contributed by atoms with E-state index < -0.39 is 0 Å². The van der Waals surface area contributed by atoms with Gasteiger partial charge in [-0.05, 0) is 60.7 Å². The lowest BCUT2D eigenvalue weighted by molar-refractivity contribution is -0.133. The maximum Gasteiger partial charge on any atom is 0.237 e. The number of carbonyl (C=O) groups is 1. The molecule has 1 amide bonds. The van der Waals surface area contributed by atoms with Crippen LogP contribution < -0.4 is 0 Å². The molecule has 0 spiro atoms. The zero-order valence-corrected chi connectivity index (χ0v) is 14.7. The number of hydrogen-bond donors (Lipinski definition) is 0. The summed E-state index contributed by atoms with van der Waals surface area (Å²) in [5, 5.41) is 8.61. The molecular weight excluding hydrogens is 320 g/mol. The number of aromatic nitrogens is 2. The Hall–Kier alpha value is -1.66. The Balaban J connectivity index is 1.39. The van der Waals surface area contributed by atoms with Crippen LogP contribution in [0.1, 0.15) is 37.3 Å². The third kappa shape index (κ3) is 3.26. The highest BCUT2D eigenvalue weighted by Crippen LogP contribution is 2.33. The topological polar surface area (TPSA) is 41.4 Å². The molecule has 2 aliphatic rings. The average Bonchev–Trinajstić information content (AvgIpc) is 3.37. The highest BCUT2D eigenvalue weighted by atomic mass is 32.1. The summed E-state index contributed by atoms with van der Waals surface area (Å²) in [6.45, 7) is 3.35. The van der Waals surface area contributed by atoms with Crippen LogP contribution in [0.15, 0.2) is 35.3 Å². The van der Waals surface area contributed by atoms with Gasteiger partial charge in [0.25, 0.3) is 0 Å². The number of carbonyl (C=O) groups excluding carboxylic acids is 1. The monoisotopic (exact) mass is 344 g/mol. The fourth-order valence-electron chi connectivity index (χ4n) is 4.08. The van der Waals surface area contributed by atoms with Gasteiger partial charge in [0.2, 0.25) is 5.91 Å². The first-order valence-corrected chi connectivity index (χ1v) is 9.78. The first kappa shape index (κ1) is 15.8. The predicted octanol–water partition coefficient (Wildman–Crippen LogP) is 2.77. The standard InChI is InChI=1S/C18H24N4OS/c23-18(22-10-2-5-17(22)15-6-11-24-14-15)13-20-8-1-4-16(20)12-21-9-3-7-19-21/h3,6-7,9,11,14,16-17H,1-2,4-5,8,10,12-13H2/t16-,17-/m0/s1. The molecule has 0 saturated carbocycles. The predicted molar refractivity (Wildman–Crippen MR) is 94.8 cm³/mol. The van der Waals surface area contributed by atoms with Crippen molar-refractivity contribution in [2.45, 2.75) is 44.3 Å². The molecule has 4 rings (SSSR count). The molecule has 2 aromatic heterocycles. The summed E-state index contributed by atoms with van der Waals surface area (Å²) in [5.41, 5.74) is 1.31. The largest absolute Gasteiger partial charge is 0.335 e. The molecule has 4 heterocycles. The molecule has 2 aromatic rings. The van der Waals surface area contributed by atoms with Crippen LogP contribution in [0, 0.1) is 0 Å². The molecule has 0 N–H and O–H groups in total. The van der Waals surface area contributed by atoms with E-state index in [9.17, 15) is 4.79 Å². The minimum absolute atomic E-state index is 0.288. The van der Waals surface area contributed by atoms with Crippen molar-refractivity contribution in [3.05, 3.63) is 40.8 Å². The number of nitrogens with zero attached hydrogens (tertiary/aromatic N) is 4. The van der Waals surface area contributed by atoms with Crippen molar-refractivity contribution < 1.29 is 4.79 Å². The summed E-state index contributed by atoms with van der Waals surface area (Å²) in [6.07, 6.45) is 8.36. The van der Waals surface area contributed by atoms with E-state index in [-0.39, 0.29) is 11.9 Å². The van der Waals surface area contributed by atoms with E-state index in [1.807, 2.05) is 23.1 Å². The lowest BCUT2D eigenvalue weighted by Crippen LogP contribution is -2.43. The summed E-state index contributed by atoms with van der Waals surface area (Å²) in [5.74, 6) is 0.288. The number of likely N-dealkylation sites (tertiary alicyclic amines) is 2. The van der Waals surface area contributed by atoms with Crippen molar-refractivity contribution in [3.63, 3.8) is 0 Å². The van der Waals surface area contributed by atoms with Crippen LogP contribution in [-0.4, -0.2) is 51.2 Å². The van der Waals surface area contributed by atoms with E-state index in [0.29, 0.717) is 12.6 Å². The van der Waals surface area contributed by atoms with Crippen LogP contribution in [0.2, 0.25) is 0 Å². The molecule has 2 atom stereocenters. The maximum atomic E-state index is 12.9. The molecule has 6 heteroatoms. The Labute approximate surface area is 146 Å². The first-order valence-electron chi connectivity index (χ1n) is 8.84. The summed E-state index contributed by atoms with van der Waals surface area (Å²) >= 11 is 1.72.